The minimum Gasteiger partial charge on any atom is -0.366 e. The third-order valence-electron chi connectivity index (χ3n) is 2.20. The van der Waals surface area contributed by atoms with E-state index in [4.69, 9.17) is 4.74 Å². The second kappa shape index (κ2) is 1.27. The lowest BCUT2D eigenvalue weighted by atomic mass is 10.2. The van der Waals surface area contributed by atoms with E-state index < -0.39 is 0 Å². The van der Waals surface area contributed by atoms with Crippen molar-refractivity contribution in [3.8, 4) is 0 Å². The maximum Gasteiger partial charge on any atom is 0.0950 e. The summed E-state index contributed by atoms with van der Waals surface area (Å²) in [6.45, 7) is 2.22. The first kappa shape index (κ1) is 4.80. The molecule has 0 aromatic heterocycles. The lowest BCUT2D eigenvalue weighted by Gasteiger charge is -1.82. The van der Waals surface area contributed by atoms with Crippen LogP contribution in [0.1, 0.15) is 32.6 Å². The minimum absolute atomic E-state index is 0.468. The second-order valence-electron chi connectivity index (χ2n) is 2.96. The van der Waals surface area contributed by atoms with Crippen LogP contribution in [-0.4, -0.2) is 11.7 Å². The first-order valence-electron chi connectivity index (χ1n) is 3.55. The molecule has 2 fully saturated rings. The van der Waals surface area contributed by atoms with Gasteiger partial charge in [-0.2, -0.15) is 0 Å². The first-order chi connectivity index (χ1) is 3.87. The fourth-order valence-corrected chi connectivity index (χ4v) is 1.40. The Morgan fingerprint density at radius 1 is 1.62 bits per heavy atom. The normalized spacial score (nSPS) is 37.9. The molecule has 1 heteroatoms. The Balaban J connectivity index is 1.80. The highest BCUT2D eigenvalue weighted by Crippen LogP contribution is 2.58. The van der Waals surface area contributed by atoms with Crippen LogP contribution in [0.5, 0.6) is 0 Å². The van der Waals surface area contributed by atoms with Crippen molar-refractivity contribution >= 4 is 0 Å². The molecule has 1 aliphatic heterocycles. The van der Waals surface area contributed by atoms with Gasteiger partial charge in [0, 0.05) is 0 Å². The van der Waals surface area contributed by atoms with Gasteiger partial charge in [-0.3, -0.25) is 0 Å². The fraction of sp³-hybridized carbons (Fsp3) is 1.00. The molecule has 8 heavy (non-hydrogen) atoms. The van der Waals surface area contributed by atoms with Gasteiger partial charge in [-0.25, -0.2) is 0 Å². The number of ether oxygens (including phenoxy) is 1. The van der Waals surface area contributed by atoms with E-state index in [1.807, 2.05) is 0 Å². The number of rotatable bonds is 2. The van der Waals surface area contributed by atoms with Crippen LogP contribution >= 0.6 is 0 Å². The lowest BCUT2D eigenvalue weighted by molar-refractivity contribution is 0.355. The van der Waals surface area contributed by atoms with E-state index >= 15 is 0 Å². The monoisotopic (exact) mass is 112 g/mol. The molecule has 2 aliphatic rings. The maximum atomic E-state index is 5.46. The van der Waals surface area contributed by atoms with E-state index in [1.165, 1.54) is 25.7 Å². The molecular weight excluding hydrogens is 100 g/mol. The van der Waals surface area contributed by atoms with Crippen LogP contribution in [0.4, 0.5) is 0 Å². The van der Waals surface area contributed by atoms with Gasteiger partial charge < -0.3 is 4.74 Å². The van der Waals surface area contributed by atoms with E-state index in [0.29, 0.717) is 11.7 Å². The third-order valence-corrected chi connectivity index (χ3v) is 2.20. The van der Waals surface area contributed by atoms with E-state index in [9.17, 15) is 0 Å². The summed E-state index contributed by atoms with van der Waals surface area (Å²) >= 11 is 0. The van der Waals surface area contributed by atoms with E-state index in [0.717, 1.165) is 0 Å². The van der Waals surface area contributed by atoms with Gasteiger partial charge in [0.15, 0.2) is 0 Å². The average molecular weight is 112 g/mol. The molecule has 1 saturated heterocycles. The molecule has 0 aromatic rings. The molecular formula is C7H12O. The fourth-order valence-electron chi connectivity index (χ4n) is 1.40. The Kier molecular flexibility index (Phi) is 0.762. The summed E-state index contributed by atoms with van der Waals surface area (Å²) in [5, 5.41) is 0. The average Bonchev–Trinajstić information content (AvgIpc) is 2.57. The highest BCUT2D eigenvalue weighted by Gasteiger charge is 2.64. The van der Waals surface area contributed by atoms with Gasteiger partial charge >= 0.3 is 0 Å². The van der Waals surface area contributed by atoms with Gasteiger partial charge in [0.1, 0.15) is 0 Å². The molecule has 0 N–H and O–H groups in total. The van der Waals surface area contributed by atoms with E-state index in [-0.39, 0.29) is 0 Å². The van der Waals surface area contributed by atoms with Crippen molar-refractivity contribution in [3.63, 3.8) is 0 Å². The Hall–Kier alpha value is -0.0400. The quantitative estimate of drug-likeness (QED) is 0.495. The second-order valence-corrected chi connectivity index (χ2v) is 2.96. The molecule has 46 valence electrons. The Labute approximate surface area is 50.0 Å². The Morgan fingerprint density at radius 3 is 2.75 bits per heavy atom. The lowest BCUT2D eigenvalue weighted by Crippen LogP contribution is -1.89. The molecule has 2 rings (SSSR count). The van der Waals surface area contributed by atoms with E-state index in [1.54, 1.807) is 0 Å². The van der Waals surface area contributed by atoms with Crippen molar-refractivity contribution in [2.75, 3.05) is 0 Å². The Bertz CT molecular complexity index is 105. The molecule has 1 atom stereocenters. The summed E-state index contributed by atoms with van der Waals surface area (Å²) < 4.78 is 5.46. The van der Waals surface area contributed by atoms with Crippen molar-refractivity contribution in [1.29, 1.82) is 0 Å². The highest BCUT2D eigenvalue weighted by atomic mass is 16.6. The van der Waals surface area contributed by atoms with Crippen molar-refractivity contribution in [2.24, 2.45) is 0 Å². The van der Waals surface area contributed by atoms with Crippen LogP contribution in [0.25, 0.3) is 0 Å². The number of epoxide rings is 1. The molecule has 0 bridgehead atoms. The van der Waals surface area contributed by atoms with Crippen molar-refractivity contribution < 1.29 is 4.74 Å². The molecule has 1 saturated carbocycles. The SMILES string of the molecule is CCCC1OC12CC2. The van der Waals surface area contributed by atoms with Gasteiger partial charge in [0.2, 0.25) is 0 Å². The summed E-state index contributed by atoms with van der Waals surface area (Å²) in [6.07, 6.45) is 5.94. The van der Waals surface area contributed by atoms with Gasteiger partial charge in [-0.05, 0) is 19.3 Å². The van der Waals surface area contributed by atoms with Crippen LogP contribution in [0.3, 0.4) is 0 Å². The molecule has 0 amide bonds. The summed E-state index contributed by atoms with van der Waals surface area (Å²) in [7, 11) is 0. The van der Waals surface area contributed by atoms with Crippen LogP contribution < -0.4 is 0 Å². The van der Waals surface area contributed by atoms with Gasteiger partial charge in [-0.15, -0.1) is 0 Å². The van der Waals surface area contributed by atoms with Crippen LogP contribution in [0.2, 0.25) is 0 Å². The van der Waals surface area contributed by atoms with Crippen molar-refractivity contribution in [2.45, 2.75) is 44.3 Å². The summed E-state index contributed by atoms with van der Waals surface area (Å²) in [5.74, 6) is 0. The zero-order chi connectivity index (χ0) is 5.61. The van der Waals surface area contributed by atoms with Crippen LogP contribution in [-0.2, 0) is 4.74 Å². The van der Waals surface area contributed by atoms with Crippen molar-refractivity contribution in [1.82, 2.24) is 0 Å². The van der Waals surface area contributed by atoms with Crippen LogP contribution in [0, 0.1) is 0 Å². The zero-order valence-corrected chi connectivity index (χ0v) is 5.31. The Morgan fingerprint density at radius 2 is 2.38 bits per heavy atom. The molecule has 1 heterocycles. The zero-order valence-electron chi connectivity index (χ0n) is 5.31. The first-order valence-corrected chi connectivity index (χ1v) is 3.55. The maximum absolute atomic E-state index is 5.46. The number of hydrogen-bond acceptors (Lipinski definition) is 1. The predicted molar refractivity (Wildman–Crippen MR) is 31.7 cm³/mol. The molecule has 1 aliphatic carbocycles. The summed E-state index contributed by atoms with van der Waals surface area (Å²) in [5.41, 5.74) is 0.468. The predicted octanol–water partition coefficient (Wildman–Crippen LogP) is 1.72. The van der Waals surface area contributed by atoms with Gasteiger partial charge in [0.05, 0.1) is 11.7 Å². The third kappa shape index (κ3) is 0.510. The topological polar surface area (TPSA) is 12.5 Å². The molecule has 1 unspecified atom stereocenters. The van der Waals surface area contributed by atoms with Gasteiger partial charge in [-0.1, -0.05) is 13.3 Å². The van der Waals surface area contributed by atoms with Crippen molar-refractivity contribution in [3.05, 3.63) is 0 Å². The molecule has 1 nitrogen and oxygen atoms in total. The van der Waals surface area contributed by atoms with Crippen LogP contribution in [0.15, 0.2) is 0 Å². The highest BCUT2D eigenvalue weighted by molar-refractivity contribution is 5.13. The minimum atomic E-state index is 0.468. The molecule has 0 aromatic carbocycles. The number of hydrogen-bond donors (Lipinski definition) is 0. The molecule has 1 spiro atoms. The van der Waals surface area contributed by atoms with Gasteiger partial charge in [0.25, 0.3) is 0 Å². The largest absolute Gasteiger partial charge is 0.366 e. The smallest absolute Gasteiger partial charge is 0.0950 e. The molecule has 0 radical (unpaired) electrons. The standard InChI is InChI=1S/C7H12O/c1-2-3-6-7(8-6)4-5-7/h6H,2-5H2,1H3. The summed E-state index contributed by atoms with van der Waals surface area (Å²) in [6, 6.07) is 0. The summed E-state index contributed by atoms with van der Waals surface area (Å²) in [4.78, 5) is 0. The van der Waals surface area contributed by atoms with E-state index in [2.05, 4.69) is 6.92 Å².